The molecule has 2 N–H and O–H groups in total. The number of thioether (sulfide) groups is 1. The van der Waals surface area contributed by atoms with Gasteiger partial charge in [0.15, 0.2) is 0 Å². The third kappa shape index (κ3) is 6.09. The van der Waals surface area contributed by atoms with Crippen LogP contribution in [0.3, 0.4) is 0 Å². The summed E-state index contributed by atoms with van der Waals surface area (Å²) in [5.74, 6) is -0.213. The smallest absolute Gasteiger partial charge is 0.238 e. The first-order valence-electron chi connectivity index (χ1n) is 10.5. The van der Waals surface area contributed by atoms with Crippen LogP contribution < -0.4 is 10.6 Å². The van der Waals surface area contributed by atoms with E-state index in [1.165, 1.54) is 24.0 Å². The first kappa shape index (κ1) is 22.4. The van der Waals surface area contributed by atoms with Crippen molar-refractivity contribution in [1.82, 2.24) is 10.2 Å². The van der Waals surface area contributed by atoms with Gasteiger partial charge in [-0.2, -0.15) is 0 Å². The zero-order chi connectivity index (χ0) is 21.5. The lowest BCUT2D eigenvalue weighted by molar-refractivity contribution is -0.123. The minimum atomic E-state index is -0.130. The zero-order valence-electron chi connectivity index (χ0n) is 18.0. The van der Waals surface area contributed by atoms with Crippen LogP contribution in [0.15, 0.2) is 47.4 Å². The summed E-state index contributed by atoms with van der Waals surface area (Å²) in [6.45, 7) is 2.34. The van der Waals surface area contributed by atoms with Gasteiger partial charge in [-0.15, -0.1) is 11.8 Å². The van der Waals surface area contributed by atoms with Crippen LogP contribution in [0.2, 0.25) is 0 Å². The Hall–Kier alpha value is -2.31. The molecule has 1 atom stereocenters. The lowest BCUT2D eigenvalue weighted by atomic mass is 9.89. The molecule has 6 heteroatoms. The maximum absolute atomic E-state index is 12.5. The Kier molecular flexibility index (Phi) is 7.94. The Balaban J connectivity index is 1.48. The Morgan fingerprint density at radius 1 is 1.03 bits per heavy atom. The molecule has 2 aromatic rings. The minimum Gasteiger partial charge on any atom is -0.348 e. The van der Waals surface area contributed by atoms with Gasteiger partial charge < -0.3 is 10.6 Å². The number of carbonyl (C=O) groups is 2. The predicted octanol–water partition coefficient (Wildman–Crippen LogP) is 4.04. The Labute approximate surface area is 183 Å². The number of fused-ring (bicyclic) bond motifs is 1. The molecule has 0 aromatic heterocycles. The van der Waals surface area contributed by atoms with E-state index in [0.29, 0.717) is 0 Å². The SMILES string of the molecule is CSc1ccccc1NC(=O)CN(C)CC(=O)NC(C)c1ccc2c(c1)CCCC2. The summed E-state index contributed by atoms with van der Waals surface area (Å²) in [4.78, 5) is 27.6. The Morgan fingerprint density at radius 3 is 2.50 bits per heavy atom. The summed E-state index contributed by atoms with van der Waals surface area (Å²) in [6, 6.07) is 14.2. The van der Waals surface area contributed by atoms with Crippen LogP contribution >= 0.6 is 11.8 Å². The summed E-state index contributed by atoms with van der Waals surface area (Å²) in [6.07, 6.45) is 6.77. The van der Waals surface area contributed by atoms with E-state index >= 15 is 0 Å². The number of amides is 2. The molecule has 0 bridgehead atoms. The zero-order valence-corrected chi connectivity index (χ0v) is 18.8. The van der Waals surface area contributed by atoms with Crippen LogP contribution in [0, 0.1) is 0 Å². The van der Waals surface area contributed by atoms with Crippen molar-refractivity contribution in [2.45, 2.75) is 43.5 Å². The Morgan fingerprint density at radius 2 is 1.73 bits per heavy atom. The molecule has 30 heavy (non-hydrogen) atoms. The number of hydrogen-bond donors (Lipinski definition) is 2. The van der Waals surface area contributed by atoms with Crippen molar-refractivity contribution >= 4 is 29.3 Å². The molecular formula is C24H31N3O2S. The van der Waals surface area contributed by atoms with E-state index < -0.39 is 0 Å². The lowest BCUT2D eigenvalue weighted by Crippen LogP contribution is -2.39. The van der Waals surface area contributed by atoms with Crippen LogP contribution in [0.1, 0.15) is 42.5 Å². The van der Waals surface area contributed by atoms with E-state index in [2.05, 4.69) is 28.8 Å². The van der Waals surface area contributed by atoms with Crippen LogP contribution in [0.5, 0.6) is 0 Å². The molecule has 0 fully saturated rings. The number of benzene rings is 2. The van der Waals surface area contributed by atoms with Gasteiger partial charge in [0.05, 0.1) is 24.8 Å². The maximum atomic E-state index is 12.5. The number of rotatable bonds is 8. The molecule has 0 radical (unpaired) electrons. The summed E-state index contributed by atoms with van der Waals surface area (Å²) in [7, 11) is 1.78. The van der Waals surface area contributed by atoms with Crippen molar-refractivity contribution in [1.29, 1.82) is 0 Å². The van der Waals surface area contributed by atoms with Gasteiger partial charge in [-0.3, -0.25) is 14.5 Å². The fourth-order valence-electron chi connectivity index (χ4n) is 3.88. The molecule has 3 rings (SSSR count). The highest BCUT2D eigenvalue weighted by molar-refractivity contribution is 7.98. The molecule has 0 saturated heterocycles. The van der Waals surface area contributed by atoms with E-state index in [-0.39, 0.29) is 30.9 Å². The molecule has 1 aliphatic rings. The number of nitrogens with one attached hydrogen (secondary N) is 2. The van der Waals surface area contributed by atoms with Crippen LogP contribution in [-0.4, -0.2) is 43.1 Å². The second-order valence-electron chi connectivity index (χ2n) is 7.95. The second kappa shape index (κ2) is 10.6. The fraction of sp³-hybridized carbons (Fsp3) is 0.417. The molecular weight excluding hydrogens is 394 g/mol. The molecule has 0 aliphatic heterocycles. The van der Waals surface area contributed by atoms with E-state index in [0.717, 1.165) is 29.0 Å². The molecule has 2 aromatic carbocycles. The number of likely N-dealkylation sites (N-methyl/N-ethyl adjacent to an activating group) is 1. The van der Waals surface area contributed by atoms with Crippen molar-refractivity contribution in [3.05, 3.63) is 59.2 Å². The van der Waals surface area contributed by atoms with Gasteiger partial charge in [0.2, 0.25) is 11.8 Å². The highest BCUT2D eigenvalue weighted by Gasteiger charge is 2.16. The van der Waals surface area contributed by atoms with Gasteiger partial charge in [-0.1, -0.05) is 30.3 Å². The average Bonchev–Trinajstić information content (AvgIpc) is 2.73. The summed E-state index contributed by atoms with van der Waals surface area (Å²) < 4.78 is 0. The third-order valence-corrected chi connectivity index (χ3v) is 6.25. The molecule has 0 spiro atoms. The fourth-order valence-corrected chi connectivity index (χ4v) is 4.43. The Bertz CT molecular complexity index is 900. The van der Waals surface area contributed by atoms with E-state index in [1.54, 1.807) is 23.7 Å². The standard InChI is InChI=1S/C24H31N3O2S/c1-17(19-13-12-18-8-4-5-9-20(18)14-19)25-23(28)15-27(2)16-24(29)26-21-10-6-7-11-22(21)30-3/h6-7,10-14,17H,4-5,8-9,15-16H2,1-3H3,(H,25,28)(H,26,29). The first-order chi connectivity index (χ1) is 14.5. The van der Waals surface area contributed by atoms with E-state index in [9.17, 15) is 9.59 Å². The van der Waals surface area contributed by atoms with Gasteiger partial charge in [0.1, 0.15) is 0 Å². The highest BCUT2D eigenvalue weighted by Crippen LogP contribution is 2.25. The van der Waals surface area contributed by atoms with Gasteiger partial charge in [-0.05, 0) is 74.7 Å². The molecule has 0 saturated carbocycles. The normalized spacial score (nSPS) is 14.1. The van der Waals surface area contributed by atoms with Crippen LogP contribution in [-0.2, 0) is 22.4 Å². The maximum Gasteiger partial charge on any atom is 0.238 e. The molecule has 160 valence electrons. The van der Waals surface area contributed by atoms with Gasteiger partial charge in [-0.25, -0.2) is 0 Å². The molecule has 5 nitrogen and oxygen atoms in total. The molecule has 0 heterocycles. The number of anilines is 1. The number of hydrogen-bond acceptors (Lipinski definition) is 4. The highest BCUT2D eigenvalue weighted by atomic mass is 32.2. The number of aryl methyl sites for hydroxylation is 2. The number of para-hydroxylation sites is 1. The average molecular weight is 426 g/mol. The largest absolute Gasteiger partial charge is 0.348 e. The molecule has 1 unspecified atom stereocenters. The van der Waals surface area contributed by atoms with E-state index in [1.807, 2.05) is 37.4 Å². The van der Waals surface area contributed by atoms with Gasteiger partial charge in [0, 0.05) is 4.90 Å². The van der Waals surface area contributed by atoms with Crippen LogP contribution in [0.4, 0.5) is 5.69 Å². The number of carbonyl (C=O) groups excluding carboxylic acids is 2. The summed E-state index contributed by atoms with van der Waals surface area (Å²) in [5, 5.41) is 5.99. The molecule has 1 aliphatic carbocycles. The molecule has 2 amide bonds. The van der Waals surface area contributed by atoms with Crippen molar-refractivity contribution in [2.24, 2.45) is 0 Å². The summed E-state index contributed by atoms with van der Waals surface area (Å²) >= 11 is 1.59. The monoisotopic (exact) mass is 425 g/mol. The van der Waals surface area contributed by atoms with Gasteiger partial charge >= 0.3 is 0 Å². The quantitative estimate of drug-likeness (QED) is 0.627. The van der Waals surface area contributed by atoms with Crippen molar-refractivity contribution < 1.29 is 9.59 Å². The first-order valence-corrected chi connectivity index (χ1v) is 11.7. The minimum absolute atomic E-state index is 0.0552. The van der Waals surface area contributed by atoms with Crippen molar-refractivity contribution in [2.75, 3.05) is 31.7 Å². The topological polar surface area (TPSA) is 61.4 Å². The van der Waals surface area contributed by atoms with Crippen molar-refractivity contribution in [3.8, 4) is 0 Å². The second-order valence-corrected chi connectivity index (χ2v) is 8.79. The van der Waals surface area contributed by atoms with Crippen molar-refractivity contribution in [3.63, 3.8) is 0 Å². The van der Waals surface area contributed by atoms with Crippen LogP contribution in [0.25, 0.3) is 0 Å². The summed E-state index contributed by atoms with van der Waals surface area (Å²) in [5.41, 5.74) is 4.79. The number of nitrogens with zero attached hydrogens (tertiary/aromatic N) is 1. The predicted molar refractivity (Wildman–Crippen MR) is 124 cm³/mol. The third-order valence-electron chi connectivity index (χ3n) is 5.46. The lowest BCUT2D eigenvalue weighted by Gasteiger charge is -2.21. The van der Waals surface area contributed by atoms with Gasteiger partial charge in [0.25, 0.3) is 0 Å². The van der Waals surface area contributed by atoms with E-state index in [4.69, 9.17) is 0 Å².